The van der Waals surface area contributed by atoms with Crippen molar-refractivity contribution in [3.05, 3.63) is 24.3 Å². The van der Waals surface area contributed by atoms with Crippen molar-refractivity contribution in [3.8, 4) is 5.75 Å². The van der Waals surface area contributed by atoms with Crippen LogP contribution in [0.15, 0.2) is 24.3 Å². The van der Waals surface area contributed by atoms with Gasteiger partial charge in [-0.05, 0) is 24.3 Å². The molecule has 0 aliphatic carbocycles. The van der Waals surface area contributed by atoms with Crippen LogP contribution in [-0.2, 0) is 20.0 Å². The molecule has 0 saturated heterocycles. The van der Waals surface area contributed by atoms with Gasteiger partial charge in [0.1, 0.15) is 5.75 Å². The van der Waals surface area contributed by atoms with Gasteiger partial charge in [0.2, 0.25) is 20.0 Å². The summed E-state index contributed by atoms with van der Waals surface area (Å²) in [7, 11) is -7.84. The highest BCUT2D eigenvalue weighted by molar-refractivity contribution is 8.09. The molecule has 1 rings (SSSR count). The van der Waals surface area contributed by atoms with Crippen molar-refractivity contribution >= 4 is 25.7 Å². The molecular formula is C8H12N2O5S2. The summed E-state index contributed by atoms with van der Waals surface area (Å²) in [5, 5.41) is 0. The van der Waals surface area contributed by atoms with E-state index in [0.717, 1.165) is 12.5 Å². The molecule has 1 aromatic carbocycles. The zero-order chi connectivity index (χ0) is 13.3. The third-order valence-corrected chi connectivity index (χ3v) is 5.04. The van der Waals surface area contributed by atoms with E-state index in [4.69, 9.17) is 5.90 Å². The highest BCUT2D eigenvalue weighted by atomic mass is 32.3. The minimum atomic E-state index is -3.92. The number of rotatable bonds is 4. The molecule has 0 atom stereocenters. The van der Waals surface area contributed by atoms with Gasteiger partial charge in [-0.25, -0.2) is 16.8 Å². The second-order valence-electron chi connectivity index (χ2n) is 3.33. The lowest BCUT2D eigenvalue weighted by atomic mass is 10.3. The van der Waals surface area contributed by atoms with Gasteiger partial charge >= 0.3 is 0 Å². The van der Waals surface area contributed by atoms with Crippen LogP contribution < -0.4 is 14.4 Å². The maximum atomic E-state index is 11.4. The lowest BCUT2D eigenvalue weighted by molar-refractivity contribution is 0.334. The highest BCUT2D eigenvalue weighted by Crippen LogP contribution is 2.23. The lowest BCUT2D eigenvalue weighted by Gasteiger charge is -2.19. The first-order valence-corrected chi connectivity index (χ1v) is 8.03. The lowest BCUT2D eigenvalue weighted by Crippen LogP contribution is -2.35. The van der Waals surface area contributed by atoms with Gasteiger partial charge in [0.15, 0.2) is 0 Å². The maximum absolute atomic E-state index is 11.4. The number of benzene rings is 1. The van der Waals surface area contributed by atoms with Crippen LogP contribution in [0.4, 0.5) is 5.69 Å². The molecule has 0 unspecified atom stereocenters. The first-order chi connectivity index (χ1) is 7.66. The summed E-state index contributed by atoms with van der Waals surface area (Å²) in [6, 6.07) is 5.28. The van der Waals surface area contributed by atoms with Gasteiger partial charge in [-0.2, -0.15) is 9.61 Å². The Bertz CT molecular complexity index is 559. The molecule has 0 amide bonds. The fourth-order valence-electron chi connectivity index (χ4n) is 1.28. The van der Waals surface area contributed by atoms with Crippen LogP contribution in [0.25, 0.3) is 0 Å². The Morgan fingerprint density at radius 3 is 1.71 bits per heavy atom. The highest BCUT2D eigenvalue weighted by Gasteiger charge is 2.26. The standard InChI is InChI=1S/C8H12N2O5S2/c1-16(11,12)10(17(2,13)14)7-3-5-8(15-9)6-4-7/h3-6H,9H2,1-2H3. The number of hydrogen-bond acceptors (Lipinski definition) is 6. The number of nitrogens with two attached hydrogens (primary N) is 1. The van der Waals surface area contributed by atoms with E-state index >= 15 is 0 Å². The van der Waals surface area contributed by atoms with Gasteiger partial charge < -0.3 is 4.84 Å². The average Bonchev–Trinajstić information content (AvgIpc) is 2.14. The van der Waals surface area contributed by atoms with Crippen LogP contribution in [0.1, 0.15) is 0 Å². The molecule has 0 bridgehead atoms. The number of sulfonamides is 2. The van der Waals surface area contributed by atoms with Crippen molar-refractivity contribution in [1.29, 1.82) is 0 Å². The molecule has 0 saturated carbocycles. The molecule has 9 heteroatoms. The van der Waals surface area contributed by atoms with Gasteiger partial charge in [-0.3, -0.25) is 0 Å². The summed E-state index contributed by atoms with van der Waals surface area (Å²) >= 11 is 0. The largest absolute Gasteiger partial charge is 0.412 e. The summed E-state index contributed by atoms with van der Waals surface area (Å²) in [4.78, 5) is 4.40. The second-order valence-corrected chi connectivity index (χ2v) is 7.23. The van der Waals surface area contributed by atoms with Crippen molar-refractivity contribution < 1.29 is 21.7 Å². The third kappa shape index (κ3) is 3.32. The number of hydrogen-bond donors (Lipinski definition) is 1. The molecule has 17 heavy (non-hydrogen) atoms. The number of nitrogens with zero attached hydrogens (tertiary/aromatic N) is 1. The second kappa shape index (κ2) is 4.51. The van der Waals surface area contributed by atoms with E-state index in [1.54, 1.807) is 0 Å². The molecule has 0 aromatic heterocycles. The van der Waals surface area contributed by atoms with Gasteiger partial charge in [0, 0.05) is 0 Å². The molecule has 0 heterocycles. The quantitative estimate of drug-likeness (QED) is 0.756. The Kier molecular flexibility index (Phi) is 3.65. The topological polar surface area (TPSA) is 107 Å². The van der Waals surface area contributed by atoms with Crippen LogP contribution in [-0.4, -0.2) is 29.3 Å². The van der Waals surface area contributed by atoms with Gasteiger partial charge in [-0.15, -0.1) is 0 Å². The van der Waals surface area contributed by atoms with E-state index in [9.17, 15) is 16.8 Å². The zero-order valence-electron chi connectivity index (χ0n) is 9.19. The molecule has 0 fully saturated rings. The Balaban J connectivity index is 3.34. The normalized spacial score (nSPS) is 12.2. The van der Waals surface area contributed by atoms with E-state index in [2.05, 4.69) is 4.84 Å². The van der Waals surface area contributed by atoms with Crippen LogP contribution in [0.2, 0.25) is 0 Å². The van der Waals surface area contributed by atoms with Gasteiger partial charge in [-0.1, -0.05) is 0 Å². The molecule has 0 aliphatic rings. The summed E-state index contributed by atoms with van der Waals surface area (Å²) in [5.74, 6) is 5.19. The smallest absolute Gasteiger partial charge is 0.245 e. The zero-order valence-corrected chi connectivity index (χ0v) is 10.8. The van der Waals surface area contributed by atoms with E-state index in [0.29, 0.717) is 3.71 Å². The average molecular weight is 280 g/mol. The molecule has 1 aromatic rings. The summed E-state index contributed by atoms with van der Waals surface area (Å²) < 4.78 is 46.0. The fraction of sp³-hybridized carbons (Fsp3) is 0.250. The van der Waals surface area contributed by atoms with Crippen LogP contribution >= 0.6 is 0 Å². The Labute approximate surface area is 99.9 Å². The van der Waals surface area contributed by atoms with E-state index < -0.39 is 20.0 Å². The molecule has 7 nitrogen and oxygen atoms in total. The maximum Gasteiger partial charge on any atom is 0.245 e. The Hall–Kier alpha value is -1.32. The van der Waals surface area contributed by atoms with Gasteiger partial charge in [0.25, 0.3) is 0 Å². The predicted octanol–water partition coefficient (Wildman–Crippen LogP) is -0.335. The summed E-state index contributed by atoms with van der Waals surface area (Å²) in [6.07, 6.45) is 1.61. The molecule has 0 radical (unpaired) electrons. The van der Waals surface area contributed by atoms with Crippen molar-refractivity contribution in [2.24, 2.45) is 5.90 Å². The Morgan fingerprint density at radius 2 is 1.41 bits per heavy atom. The van der Waals surface area contributed by atoms with Crippen molar-refractivity contribution in [1.82, 2.24) is 0 Å². The Morgan fingerprint density at radius 1 is 1.00 bits per heavy atom. The van der Waals surface area contributed by atoms with Crippen molar-refractivity contribution in [3.63, 3.8) is 0 Å². The minimum absolute atomic E-state index is 0.00389. The molecular weight excluding hydrogens is 268 g/mol. The first-order valence-electron chi connectivity index (χ1n) is 4.33. The third-order valence-electron chi connectivity index (χ3n) is 1.79. The predicted molar refractivity (Wildman–Crippen MR) is 63.4 cm³/mol. The monoisotopic (exact) mass is 280 g/mol. The van der Waals surface area contributed by atoms with E-state index in [-0.39, 0.29) is 11.4 Å². The molecule has 96 valence electrons. The van der Waals surface area contributed by atoms with Crippen LogP contribution in [0, 0.1) is 0 Å². The molecule has 0 spiro atoms. The summed E-state index contributed by atoms with van der Waals surface area (Å²) in [5.41, 5.74) is -0.00389. The van der Waals surface area contributed by atoms with Crippen molar-refractivity contribution in [2.75, 3.05) is 16.2 Å². The van der Waals surface area contributed by atoms with E-state index in [1.165, 1.54) is 24.3 Å². The van der Waals surface area contributed by atoms with Crippen LogP contribution in [0.5, 0.6) is 5.75 Å². The fourth-order valence-corrected chi connectivity index (χ4v) is 4.25. The first kappa shape index (κ1) is 13.7. The SMILES string of the molecule is CS(=O)(=O)N(c1ccc(ON)cc1)S(C)(=O)=O. The summed E-state index contributed by atoms with van der Waals surface area (Å²) in [6.45, 7) is 0. The van der Waals surface area contributed by atoms with E-state index in [1.807, 2.05) is 0 Å². The van der Waals surface area contributed by atoms with Crippen LogP contribution in [0.3, 0.4) is 0 Å². The molecule has 2 N–H and O–H groups in total. The molecule has 0 aliphatic heterocycles. The minimum Gasteiger partial charge on any atom is -0.412 e. The number of anilines is 1. The van der Waals surface area contributed by atoms with Crippen molar-refractivity contribution in [2.45, 2.75) is 0 Å². The van der Waals surface area contributed by atoms with Gasteiger partial charge in [0.05, 0.1) is 18.2 Å².